The second-order valence-corrected chi connectivity index (χ2v) is 6.49. The maximum absolute atomic E-state index is 13.0. The maximum atomic E-state index is 13.0. The third-order valence-corrected chi connectivity index (χ3v) is 5.13. The zero-order chi connectivity index (χ0) is 19.4. The molecule has 8 heteroatoms. The van der Waals surface area contributed by atoms with E-state index in [1.54, 1.807) is 18.2 Å². The number of hydrogen-bond donors (Lipinski definition) is 1. The number of piperidine rings is 1. The lowest BCUT2D eigenvalue weighted by Crippen LogP contribution is -2.43. The van der Waals surface area contributed by atoms with Crippen LogP contribution in [0.5, 0.6) is 5.75 Å². The molecule has 3 aliphatic heterocycles. The molecule has 1 aromatic heterocycles. The summed E-state index contributed by atoms with van der Waals surface area (Å²) in [6.45, 7) is 3.32. The Bertz CT molecular complexity index is 885. The molecule has 0 aliphatic carbocycles. The number of benzene rings is 1. The van der Waals surface area contributed by atoms with E-state index in [-0.39, 0.29) is 29.4 Å². The fourth-order valence-corrected chi connectivity index (χ4v) is 3.77. The van der Waals surface area contributed by atoms with E-state index >= 15 is 0 Å². The predicted octanol–water partition coefficient (Wildman–Crippen LogP) is 1.42. The number of fused-ring (bicyclic) bond motifs is 5. The molecule has 4 heterocycles. The van der Waals surface area contributed by atoms with E-state index in [0.717, 1.165) is 32.5 Å². The van der Waals surface area contributed by atoms with Gasteiger partial charge in [0, 0.05) is 32.2 Å². The van der Waals surface area contributed by atoms with E-state index < -0.39 is 0 Å². The largest absolute Gasteiger partial charge is 0.496 e. The van der Waals surface area contributed by atoms with Crippen molar-refractivity contribution in [3.63, 3.8) is 0 Å². The van der Waals surface area contributed by atoms with Gasteiger partial charge in [0.25, 0.3) is 12.4 Å². The number of methoxy groups -OCH3 is 1. The van der Waals surface area contributed by atoms with E-state index in [0.29, 0.717) is 23.3 Å². The second-order valence-electron chi connectivity index (χ2n) is 6.49. The Morgan fingerprint density at radius 2 is 1.96 bits per heavy atom. The van der Waals surface area contributed by atoms with Gasteiger partial charge in [-0.25, -0.2) is 0 Å². The number of carbonyl (C=O) groups excluding carboxylic acids is 1. The van der Waals surface area contributed by atoms with Crippen molar-refractivity contribution in [3.05, 3.63) is 40.2 Å². The second kappa shape index (κ2) is 8.22. The molecule has 1 amide bonds. The minimum Gasteiger partial charge on any atom is -0.496 e. The Balaban J connectivity index is 0.000000659. The quantitative estimate of drug-likeness (QED) is 0.794. The highest BCUT2D eigenvalue weighted by atomic mass is 16.5. The molecule has 0 radical (unpaired) electrons. The van der Waals surface area contributed by atoms with Crippen LogP contribution >= 0.6 is 0 Å². The maximum Gasteiger partial charge on any atom is 0.290 e. The van der Waals surface area contributed by atoms with Crippen LogP contribution in [0.15, 0.2) is 33.7 Å². The smallest absolute Gasteiger partial charge is 0.290 e. The molecule has 0 spiro atoms. The summed E-state index contributed by atoms with van der Waals surface area (Å²) in [5.74, 6) is 0.198. The molecule has 0 unspecified atom stereocenters. The molecule has 3 fully saturated rings. The molecule has 27 heavy (non-hydrogen) atoms. The summed E-state index contributed by atoms with van der Waals surface area (Å²) in [4.78, 5) is 38.5. The molecule has 1 N–H and O–H groups in total. The summed E-state index contributed by atoms with van der Waals surface area (Å²) in [7, 11) is 1.50. The molecule has 2 bridgehead atoms. The molecule has 144 valence electrons. The summed E-state index contributed by atoms with van der Waals surface area (Å²) in [6, 6.07) is 5.37. The highest BCUT2D eigenvalue weighted by Gasteiger charge is 2.33. The molecule has 1 aromatic carbocycles. The lowest BCUT2D eigenvalue weighted by molar-refractivity contribution is -0.122. The zero-order valence-corrected chi connectivity index (χ0v) is 15.1. The highest BCUT2D eigenvalue weighted by molar-refractivity contribution is 5.98. The summed E-state index contributed by atoms with van der Waals surface area (Å²) in [6.07, 6.45) is 3.23. The molecule has 8 nitrogen and oxygen atoms in total. The van der Waals surface area contributed by atoms with Gasteiger partial charge < -0.3 is 24.1 Å². The van der Waals surface area contributed by atoms with Crippen molar-refractivity contribution in [1.82, 2.24) is 9.80 Å². The SMILES string of the molecule is COc1cccc2occ(C(=O)N3CCN4CCC3CC4)c(=O)c12.O=CO. The van der Waals surface area contributed by atoms with E-state index in [2.05, 4.69) is 4.90 Å². The van der Waals surface area contributed by atoms with Crippen LogP contribution < -0.4 is 10.2 Å². The molecule has 0 saturated carbocycles. The normalized spacial score (nSPS) is 21.1. The van der Waals surface area contributed by atoms with Crippen molar-refractivity contribution < 1.29 is 23.8 Å². The van der Waals surface area contributed by atoms with Gasteiger partial charge in [0.05, 0.1) is 7.11 Å². The van der Waals surface area contributed by atoms with E-state index in [1.807, 2.05) is 4.90 Å². The Morgan fingerprint density at radius 3 is 2.63 bits per heavy atom. The van der Waals surface area contributed by atoms with Crippen LogP contribution in [0.3, 0.4) is 0 Å². The Hall–Kier alpha value is -2.87. The van der Waals surface area contributed by atoms with Crippen molar-refractivity contribution in [1.29, 1.82) is 0 Å². The lowest BCUT2D eigenvalue weighted by atomic mass is 10.0. The number of carboxylic acid groups (broad SMARTS) is 1. The topological polar surface area (TPSA) is 100 Å². The van der Waals surface area contributed by atoms with Crippen molar-refractivity contribution in [2.24, 2.45) is 0 Å². The van der Waals surface area contributed by atoms with Gasteiger partial charge >= 0.3 is 0 Å². The first kappa shape index (κ1) is 18.9. The zero-order valence-electron chi connectivity index (χ0n) is 15.1. The van der Waals surface area contributed by atoms with Gasteiger partial charge in [0.15, 0.2) is 0 Å². The molecule has 0 atom stereocenters. The van der Waals surface area contributed by atoms with Gasteiger partial charge in [0.2, 0.25) is 5.43 Å². The van der Waals surface area contributed by atoms with Gasteiger partial charge in [0.1, 0.15) is 28.5 Å². The van der Waals surface area contributed by atoms with Crippen LogP contribution in [0.25, 0.3) is 11.0 Å². The fourth-order valence-electron chi connectivity index (χ4n) is 3.77. The summed E-state index contributed by atoms with van der Waals surface area (Å²) in [5.41, 5.74) is 0.198. The highest BCUT2D eigenvalue weighted by Crippen LogP contribution is 2.25. The van der Waals surface area contributed by atoms with E-state index in [9.17, 15) is 9.59 Å². The molecule has 2 aromatic rings. The van der Waals surface area contributed by atoms with Crippen LogP contribution in [0, 0.1) is 0 Å². The lowest BCUT2D eigenvalue weighted by Gasteiger charge is -2.31. The summed E-state index contributed by atoms with van der Waals surface area (Å²) < 4.78 is 10.8. The van der Waals surface area contributed by atoms with Crippen LogP contribution in [-0.4, -0.2) is 66.6 Å². The Morgan fingerprint density at radius 1 is 1.26 bits per heavy atom. The molecule has 3 saturated heterocycles. The summed E-state index contributed by atoms with van der Waals surface area (Å²) in [5, 5.41) is 7.22. The first-order chi connectivity index (χ1) is 13.1. The van der Waals surface area contributed by atoms with Gasteiger partial charge in [-0.05, 0) is 25.0 Å². The number of carbonyl (C=O) groups is 2. The van der Waals surface area contributed by atoms with Crippen molar-refractivity contribution in [2.45, 2.75) is 18.9 Å². The number of rotatable bonds is 2. The summed E-state index contributed by atoms with van der Waals surface area (Å²) >= 11 is 0. The van der Waals surface area contributed by atoms with Crippen LogP contribution in [0.2, 0.25) is 0 Å². The predicted molar refractivity (Wildman–Crippen MR) is 98.2 cm³/mol. The standard InChI is InChI=1S/C18H20N2O4.CH2O2/c1-23-14-3-2-4-15-16(14)17(21)13(11-24-15)18(22)20-10-9-19-7-5-12(20)6-8-19;2-1-3/h2-4,11-12H,5-10H2,1H3;1H,(H,2,3). The first-order valence-electron chi connectivity index (χ1n) is 8.80. The molecular formula is C19H22N2O6. The van der Waals surface area contributed by atoms with Gasteiger partial charge in [-0.1, -0.05) is 6.07 Å². The van der Waals surface area contributed by atoms with Crippen molar-refractivity contribution in [2.75, 3.05) is 33.3 Å². The minimum atomic E-state index is -0.321. The Labute approximate surface area is 155 Å². The average Bonchev–Trinajstić information content (AvgIpc) is 3.02. The molecular weight excluding hydrogens is 352 g/mol. The number of hydrogen-bond acceptors (Lipinski definition) is 6. The molecule has 3 aliphatic rings. The van der Waals surface area contributed by atoms with E-state index in [1.165, 1.54) is 13.4 Å². The fraction of sp³-hybridized carbons (Fsp3) is 0.421. The number of amides is 1. The number of ether oxygens (including phenoxy) is 1. The van der Waals surface area contributed by atoms with Crippen molar-refractivity contribution in [3.8, 4) is 5.75 Å². The van der Waals surface area contributed by atoms with Gasteiger partial charge in [-0.2, -0.15) is 0 Å². The average molecular weight is 374 g/mol. The van der Waals surface area contributed by atoms with Gasteiger partial charge in [-0.3, -0.25) is 14.4 Å². The molecule has 5 rings (SSSR count). The van der Waals surface area contributed by atoms with Crippen molar-refractivity contribution >= 4 is 23.3 Å². The third kappa shape index (κ3) is 3.66. The first-order valence-corrected chi connectivity index (χ1v) is 8.80. The van der Waals surface area contributed by atoms with Gasteiger partial charge in [-0.15, -0.1) is 0 Å². The minimum absolute atomic E-state index is 0.0901. The number of nitrogens with zero attached hydrogens (tertiary/aromatic N) is 2. The van der Waals surface area contributed by atoms with E-state index in [4.69, 9.17) is 19.1 Å². The van der Waals surface area contributed by atoms with Crippen LogP contribution in [-0.2, 0) is 4.79 Å². The van der Waals surface area contributed by atoms with Crippen LogP contribution in [0.1, 0.15) is 23.2 Å². The monoisotopic (exact) mass is 374 g/mol. The van der Waals surface area contributed by atoms with Crippen LogP contribution in [0.4, 0.5) is 0 Å². The third-order valence-electron chi connectivity index (χ3n) is 5.13. The Kier molecular flexibility index (Phi) is 5.75.